The van der Waals surface area contributed by atoms with Crippen molar-refractivity contribution >= 4 is 32.4 Å². The number of hydrogen-bond donors (Lipinski definition) is 1. The number of fused-ring (bicyclic) bond motifs is 2. The molecule has 1 aliphatic rings. The van der Waals surface area contributed by atoms with Gasteiger partial charge in [0.25, 0.3) is 0 Å². The number of nitrogens with zero attached hydrogens (tertiary/aromatic N) is 2. The van der Waals surface area contributed by atoms with Crippen molar-refractivity contribution in [3.8, 4) is 22.7 Å². The third kappa shape index (κ3) is 4.26. The lowest BCUT2D eigenvalue weighted by Gasteiger charge is -2.30. The largest absolute Gasteiger partial charge is 0.486 e. The second-order valence-electron chi connectivity index (χ2n) is 7.17. The predicted octanol–water partition coefficient (Wildman–Crippen LogP) is 5.46. The highest BCUT2D eigenvalue weighted by molar-refractivity contribution is 8.37. The zero-order valence-corrected chi connectivity index (χ0v) is 18.8. The highest BCUT2D eigenvalue weighted by atomic mass is 32.3. The molecule has 0 amide bonds. The molecule has 0 saturated carbocycles. The number of benzene rings is 2. The molecule has 4 rings (SSSR count). The summed E-state index contributed by atoms with van der Waals surface area (Å²) in [6, 6.07) is 8.86. The monoisotopic (exact) mass is 439 g/mol. The maximum atomic E-state index is 15.3. The fourth-order valence-corrected chi connectivity index (χ4v) is 5.52. The molecule has 1 aliphatic heterocycles. The minimum absolute atomic E-state index is 0.326. The van der Waals surface area contributed by atoms with E-state index in [0.29, 0.717) is 47.3 Å². The summed E-state index contributed by atoms with van der Waals surface area (Å²) < 4.78 is 26.6. The first kappa shape index (κ1) is 21.3. The van der Waals surface area contributed by atoms with Crippen molar-refractivity contribution < 1.29 is 13.9 Å². The molecule has 162 valence electrons. The van der Waals surface area contributed by atoms with Gasteiger partial charge in [-0.1, -0.05) is 32.8 Å². The fraction of sp³-hybridized carbons (Fsp3) is 0.333. The van der Waals surface area contributed by atoms with Gasteiger partial charge < -0.3 is 14.8 Å². The van der Waals surface area contributed by atoms with E-state index in [9.17, 15) is 0 Å². The Bertz CT molecular complexity index is 1160. The van der Waals surface area contributed by atoms with Crippen LogP contribution in [-0.4, -0.2) is 40.4 Å². The zero-order chi connectivity index (χ0) is 21.8. The average Bonchev–Trinajstić information content (AvgIpc) is 2.81. The molecule has 0 atom stereocenters. The number of hydrogen-bond acceptors (Lipinski definition) is 5. The van der Waals surface area contributed by atoms with E-state index < -0.39 is 10.0 Å². The van der Waals surface area contributed by atoms with E-state index in [-0.39, 0.29) is 5.82 Å². The van der Waals surface area contributed by atoms with Crippen molar-refractivity contribution in [2.45, 2.75) is 20.8 Å². The highest BCUT2D eigenvalue weighted by Crippen LogP contribution is 2.45. The van der Waals surface area contributed by atoms with E-state index in [0.717, 1.165) is 22.6 Å². The number of halogens is 1. The first-order valence-electron chi connectivity index (χ1n) is 10.5. The molecular formula is C24H26FN3O2S. The van der Waals surface area contributed by atoms with Crippen LogP contribution in [0.3, 0.4) is 0 Å². The van der Waals surface area contributed by atoms with Crippen LogP contribution in [0.1, 0.15) is 26.3 Å². The van der Waals surface area contributed by atoms with Crippen molar-refractivity contribution in [1.29, 1.82) is 0 Å². The number of rotatable bonds is 5. The van der Waals surface area contributed by atoms with Crippen molar-refractivity contribution in [1.82, 2.24) is 9.97 Å². The molecule has 5 nitrogen and oxygen atoms in total. The van der Waals surface area contributed by atoms with E-state index >= 15 is 4.39 Å². The molecule has 2 aromatic carbocycles. The lowest BCUT2D eigenvalue weighted by molar-refractivity contribution is 0.172. The molecule has 0 saturated heterocycles. The fourth-order valence-electron chi connectivity index (χ4n) is 3.54. The summed E-state index contributed by atoms with van der Waals surface area (Å²) in [5.74, 6) is 7.59. The zero-order valence-electron chi connectivity index (χ0n) is 18.0. The van der Waals surface area contributed by atoms with Crippen LogP contribution in [0.5, 0.6) is 11.5 Å². The quantitative estimate of drug-likeness (QED) is 0.535. The van der Waals surface area contributed by atoms with Gasteiger partial charge in [-0.3, -0.25) is 0 Å². The van der Waals surface area contributed by atoms with Crippen LogP contribution in [-0.2, 0) is 0 Å². The van der Waals surface area contributed by atoms with Gasteiger partial charge in [0.1, 0.15) is 25.4 Å². The van der Waals surface area contributed by atoms with Gasteiger partial charge in [-0.2, -0.15) is 10.0 Å². The number of aromatic nitrogens is 2. The Hall–Kier alpha value is -2.98. The molecule has 0 aliphatic carbocycles. The van der Waals surface area contributed by atoms with Gasteiger partial charge in [0.05, 0.1) is 16.8 Å². The second-order valence-corrected chi connectivity index (χ2v) is 11.2. The van der Waals surface area contributed by atoms with Gasteiger partial charge in [0, 0.05) is 11.5 Å². The summed E-state index contributed by atoms with van der Waals surface area (Å²) in [5, 5.41) is 7.25. The van der Waals surface area contributed by atoms with Gasteiger partial charge >= 0.3 is 0 Å². The number of nitrogens with one attached hydrogen (secondary N) is 1. The van der Waals surface area contributed by atoms with Gasteiger partial charge in [0.15, 0.2) is 17.3 Å². The lowest BCUT2D eigenvalue weighted by Crippen LogP contribution is -2.15. The molecule has 0 bridgehead atoms. The summed E-state index contributed by atoms with van der Waals surface area (Å²) >= 11 is 0. The molecule has 1 aromatic heterocycles. The standard InChI is InChI=1S/C24H26FN3O2S/c1-4-31(5-2,6-3)13-10-17-8-7-9-19(23(17)25)28-24-18-14-21-22(30-12-11-29-21)15-20(18)26-16-27-24/h7-9,14-16H,4-6,11-12H2,1-3H3,(H,26,27,28). The van der Waals surface area contributed by atoms with Crippen LogP contribution < -0.4 is 14.8 Å². The molecule has 0 spiro atoms. The Morgan fingerprint density at radius 2 is 1.74 bits per heavy atom. The first-order valence-corrected chi connectivity index (χ1v) is 12.6. The van der Waals surface area contributed by atoms with Crippen LogP contribution in [0.4, 0.5) is 15.9 Å². The van der Waals surface area contributed by atoms with Crippen molar-refractivity contribution in [3.05, 3.63) is 48.0 Å². The molecule has 1 N–H and O–H groups in total. The summed E-state index contributed by atoms with van der Waals surface area (Å²) in [6.45, 7) is 7.49. The van der Waals surface area contributed by atoms with Gasteiger partial charge in [-0.15, -0.1) is 0 Å². The summed E-state index contributed by atoms with van der Waals surface area (Å²) in [6.07, 6.45) is 1.45. The molecule has 0 fully saturated rings. The van der Waals surface area contributed by atoms with Crippen LogP contribution in [0, 0.1) is 17.0 Å². The summed E-state index contributed by atoms with van der Waals surface area (Å²) in [5.41, 5.74) is 1.41. The second kappa shape index (κ2) is 9.03. The van der Waals surface area contributed by atoms with Crippen molar-refractivity contribution in [2.24, 2.45) is 0 Å². The van der Waals surface area contributed by atoms with E-state index in [1.165, 1.54) is 6.33 Å². The van der Waals surface area contributed by atoms with Crippen molar-refractivity contribution in [2.75, 3.05) is 35.8 Å². The lowest BCUT2D eigenvalue weighted by atomic mass is 10.1. The topological polar surface area (TPSA) is 56.3 Å². The Kier molecular flexibility index (Phi) is 6.19. The Morgan fingerprint density at radius 3 is 2.45 bits per heavy atom. The Balaban J connectivity index is 1.70. The van der Waals surface area contributed by atoms with Crippen molar-refractivity contribution in [3.63, 3.8) is 0 Å². The molecule has 3 aromatic rings. The Morgan fingerprint density at radius 1 is 1.03 bits per heavy atom. The van der Waals surface area contributed by atoms with Crippen LogP contribution >= 0.6 is 10.0 Å². The molecule has 7 heteroatoms. The minimum Gasteiger partial charge on any atom is -0.486 e. The number of ether oxygens (including phenoxy) is 2. The summed E-state index contributed by atoms with van der Waals surface area (Å²) in [7, 11) is -1.03. The minimum atomic E-state index is -1.03. The third-order valence-corrected chi connectivity index (χ3v) is 9.46. The third-order valence-electron chi connectivity index (χ3n) is 5.61. The van der Waals surface area contributed by atoms with Gasteiger partial charge in [-0.25, -0.2) is 14.4 Å². The average molecular weight is 440 g/mol. The van der Waals surface area contributed by atoms with Crippen LogP contribution in [0.2, 0.25) is 0 Å². The highest BCUT2D eigenvalue weighted by Gasteiger charge is 2.17. The predicted molar refractivity (Wildman–Crippen MR) is 126 cm³/mol. The molecule has 0 radical (unpaired) electrons. The maximum Gasteiger partial charge on any atom is 0.163 e. The maximum absolute atomic E-state index is 15.3. The summed E-state index contributed by atoms with van der Waals surface area (Å²) in [4.78, 5) is 8.65. The van der Waals surface area contributed by atoms with E-state index in [4.69, 9.17) is 9.47 Å². The van der Waals surface area contributed by atoms with Gasteiger partial charge in [0.2, 0.25) is 0 Å². The molecular weight excluding hydrogens is 413 g/mol. The van der Waals surface area contributed by atoms with E-state index in [2.05, 4.69) is 47.2 Å². The van der Waals surface area contributed by atoms with E-state index in [1.54, 1.807) is 18.2 Å². The smallest absolute Gasteiger partial charge is 0.163 e. The molecule has 0 unspecified atom stereocenters. The normalized spacial score (nSPS) is 13.4. The van der Waals surface area contributed by atoms with Crippen LogP contribution in [0.25, 0.3) is 10.9 Å². The van der Waals surface area contributed by atoms with E-state index in [1.807, 2.05) is 12.1 Å². The molecule has 31 heavy (non-hydrogen) atoms. The van der Waals surface area contributed by atoms with Crippen LogP contribution in [0.15, 0.2) is 36.7 Å². The van der Waals surface area contributed by atoms with Gasteiger partial charge in [-0.05, 0) is 40.7 Å². The first-order chi connectivity index (χ1) is 15.1. The molecule has 2 heterocycles. The SMILES string of the molecule is CCS(C#Cc1cccc(Nc2ncnc3cc4c(cc23)OCCO4)c1F)(CC)CC. The Labute approximate surface area is 183 Å². The number of anilines is 2.